The molecule has 1 aliphatic carbocycles. The summed E-state index contributed by atoms with van der Waals surface area (Å²) in [4.78, 5) is 22.1. The molecule has 2 aliphatic rings. The number of rotatable bonds is 6. The van der Waals surface area contributed by atoms with Gasteiger partial charge in [0.05, 0.1) is 37.7 Å². The first-order valence-corrected chi connectivity index (χ1v) is 10.7. The molecule has 1 amide bonds. The molecule has 1 unspecified atom stereocenters. The Balaban J connectivity index is 1.52. The first kappa shape index (κ1) is 22.4. The maximum Gasteiger partial charge on any atom is 0.409 e. The van der Waals surface area contributed by atoms with Gasteiger partial charge in [0.2, 0.25) is 11.8 Å². The summed E-state index contributed by atoms with van der Waals surface area (Å²) in [5.74, 6) is -1.87. The highest BCUT2D eigenvalue weighted by molar-refractivity contribution is 5.68. The Labute approximate surface area is 184 Å². The molecule has 0 aromatic carbocycles. The average molecular weight is 451 g/mol. The van der Waals surface area contributed by atoms with E-state index in [1.165, 1.54) is 16.7 Å². The number of halogens is 2. The van der Waals surface area contributed by atoms with Crippen LogP contribution in [-0.2, 0) is 11.2 Å². The van der Waals surface area contributed by atoms with Crippen molar-refractivity contribution < 1.29 is 28.2 Å². The number of aliphatic hydroxyl groups is 1. The second kappa shape index (κ2) is 8.97. The van der Waals surface area contributed by atoms with Gasteiger partial charge in [0.1, 0.15) is 6.10 Å². The summed E-state index contributed by atoms with van der Waals surface area (Å²) in [6, 6.07) is 3.39. The summed E-state index contributed by atoms with van der Waals surface area (Å²) in [6.07, 6.45) is 1.45. The molecule has 1 aliphatic heterocycles. The van der Waals surface area contributed by atoms with Crippen LogP contribution in [0, 0.1) is 5.92 Å². The van der Waals surface area contributed by atoms with E-state index in [4.69, 9.17) is 4.74 Å². The van der Waals surface area contributed by atoms with Gasteiger partial charge >= 0.3 is 6.09 Å². The Kier molecular flexibility index (Phi) is 6.27. The van der Waals surface area contributed by atoms with Gasteiger partial charge < -0.3 is 19.5 Å². The number of alkyl halides is 2. The van der Waals surface area contributed by atoms with Crippen LogP contribution in [0.3, 0.4) is 0 Å². The lowest BCUT2D eigenvalue weighted by Gasteiger charge is -2.37. The van der Waals surface area contributed by atoms with E-state index in [0.29, 0.717) is 49.6 Å². The predicted molar refractivity (Wildman–Crippen MR) is 109 cm³/mol. The lowest BCUT2D eigenvalue weighted by molar-refractivity contribution is -0.0457. The minimum Gasteiger partial charge on any atom is -0.470 e. The standard InChI is InChI=1S/C21H27F2N5O4/c1-13(29)17-5-8-28(26-17)19-24-15(9-14-3-6-21(22,23)7-4-14)10-18(25-19)32-16-11-27(12-16)20(30)31-2/h5,8,10,13-14,16,29H,3-4,6-7,9,11-12H2,1-2H3. The van der Waals surface area contributed by atoms with Gasteiger partial charge in [-0.1, -0.05) is 0 Å². The molecular weight excluding hydrogens is 424 g/mol. The molecule has 1 saturated heterocycles. The van der Waals surface area contributed by atoms with Crippen LogP contribution >= 0.6 is 0 Å². The number of carbonyl (C=O) groups is 1. The summed E-state index contributed by atoms with van der Waals surface area (Å²) >= 11 is 0. The molecule has 4 rings (SSSR count). The third-order valence-corrected chi connectivity index (χ3v) is 5.89. The number of ether oxygens (including phenoxy) is 2. The van der Waals surface area contributed by atoms with Crippen molar-refractivity contribution in [3.63, 3.8) is 0 Å². The van der Waals surface area contributed by atoms with Crippen molar-refractivity contribution in [3.8, 4) is 11.8 Å². The number of hydrogen-bond donors (Lipinski definition) is 1. The second-order valence-corrected chi connectivity index (χ2v) is 8.48. The quantitative estimate of drug-likeness (QED) is 0.720. The molecule has 1 saturated carbocycles. The second-order valence-electron chi connectivity index (χ2n) is 8.48. The lowest BCUT2D eigenvalue weighted by atomic mass is 9.84. The number of likely N-dealkylation sites (tertiary alicyclic amines) is 1. The molecule has 0 radical (unpaired) electrons. The zero-order valence-electron chi connectivity index (χ0n) is 18.1. The maximum absolute atomic E-state index is 13.5. The first-order chi connectivity index (χ1) is 15.2. The number of amides is 1. The molecule has 0 bridgehead atoms. The molecule has 2 aromatic heterocycles. The Morgan fingerprint density at radius 1 is 1.31 bits per heavy atom. The number of carbonyl (C=O) groups excluding carboxylic acids is 1. The van der Waals surface area contributed by atoms with Gasteiger partial charge in [-0.05, 0) is 38.2 Å². The normalized spacial score (nSPS) is 20.0. The first-order valence-electron chi connectivity index (χ1n) is 10.7. The number of methoxy groups -OCH3 is 1. The predicted octanol–water partition coefficient (Wildman–Crippen LogP) is 2.91. The third kappa shape index (κ3) is 5.14. The Bertz CT molecular complexity index is 951. The fourth-order valence-electron chi connectivity index (χ4n) is 3.96. The van der Waals surface area contributed by atoms with Crippen molar-refractivity contribution in [2.75, 3.05) is 20.2 Å². The van der Waals surface area contributed by atoms with Gasteiger partial charge in [0.25, 0.3) is 5.95 Å². The number of aliphatic hydroxyl groups excluding tert-OH is 1. The van der Waals surface area contributed by atoms with Crippen LogP contribution in [0.15, 0.2) is 18.3 Å². The van der Waals surface area contributed by atoms with E-state index in [-0.39, 0.29) is 30.8 Å². The highest BCUT2D eigenvalue weighted by atomic mass is 19.3. The maximum atomic E-state index is 13.5. The molecule has 9 nitrogen and oxygen atoms in total. The van der Waals surface area contributed by atoms with E-state index in [0.717, 1.165) is 0 Å². The number of nitrogens with zero attached hydrogens (tertiary/aromatic N) is 5. The molecule has 11 heteroatoms. The minimum atomic E-state index is -2.58. The van der Waals surface area contributed by atoms with Gasteiger partial charge in [-0.2, -0.15) is 10.1 Å². The summed E-state index contributed by atoms with van der Waals surface area (Å²) in [5, 5.41) is 14.1. The van der Waals surface area contributed by atoms with Crippen molar-refractivity contribution in [3.05, 3.63) is 29.7 Å². The van der Waals surface area contributed by atoms with Crippen molar-refractivity contribution in [2.45, 2.75) is 57.2 Å². The molecule has 0 spiro atoms. The molecule has 32 heavy (non-hydrogen) atoms. The van der Waals surface area contributed by atoms with Crippen molar-refractivity contribution in [1.82, 2.24) is 24.6 Å². The molecule has 174 valence electrons. The van der Waals surface area contributed by atoms with Crippen LogP contribution in [0.1, 0.15) is 50.1 Å². The van der Waals surface area contributed by atoms with Crippen molar-refractivity contribution in [1.29, 1.82) is 0 Å². The van der Waals surface area contributed by atoms with Crippen LogP contribution < -0.4 is 4.74 Å². The van der Waals surface area contributed by atoms with Crippen LogP contribution in [0.2, 0.25) is 0 Å². The molecule has 1 atom stereocenters. The van der Waals surface area contributed by atoms with E-state index in [9.17, 15) is 18.7 Å². The van der Waals surface area contributed by atoms with Crippen molar-refractivity contribution >= 4 is 6.09 Å². The van der Waals surface area contributed by atoms with E-state index in [2.05, 4.69) is 19.8 Å². The summed E-state index contributed by atoms with van der Waals surface area (Å²) < 4.78 is 39.1. The van der Waals surface area contributed by atoms with Crippen LogP contribution in [0.5, 0.6) is 5.88 Å². The molecule has 1 N–H and O–H groups in total. The van der Waals surface area contributed by atoms with E-state index >= 15 is 0 Å². The fraction of sp³-hybridized carbons (Fsp3) is 0.619. The van der Waals surface area contributed by atoms with E-state index in [1.54, 1.807) is 25.3 Å². The molecule has 3 heterocycles. The third-order valence-electron chi connectivity index (χ3n) is 5.89. The van der Waals surface area contributed by atoms with E-state index < -0.39 is 18.1 Å². The van der Waals surface area contributed by atoms with Gasteiger partial charge in [0, 0.05) is 25.1 Å². The van der Waals surface area contributed by atoms with Crippen LogP contribution in [0.4, 0.5) is 13.6 Å². The highest BCUT2D eigenvalue weighted by Gasteiger charge is 2.36. The van der Waals surface area contributed by atoms with Gasteiger partial charge in [-0.25, -0.2) is 23.2 Å². The van der Waals surface area contributed by atoms with Gasteiger partial charge in [-0.15, -0.1) is 0 Å². The number of aromatic nitrogens is 4. The van der Waals surface area contributed by atoms with Crippen LogP contribution in [-0.4, -0.2) is 68.1 Å². The zero-order valence-corrected chi connectivity index (χ0v) is 18.1. The summed E-state index contributed by atoms with van der Waals surface area (Å²) in [7, 11) is 1.33. The number of hydrogen-bond acceptors (Lipinski definition) is 7. The minimum absolute atomic E-state index is 0.106. The topological polar surface area (TPSA) is 103 Å². The van der Waals surface area contributed by atoms with Gasteiger partial charge in [-0.3, -0.25) is 0 Å². The van der Waals surface area contributed by atoms with Gasteiger partial charge in [0.15, 0.2) is 0 Å². The van der Waals surface area contributed by atoms with Crippen molar-refractivity contribution in [2.24, 2.45) is 5.92 Å². The van der Waals surface area contributed by atoms with Crippen LogP contribution in [0.25, 0.3) is 5.95 Å². The fourth-order valence-corrected chi connectivity index (χ4v) is 3.96. The molecular formula is C21H27F2N5O4. The highest BCUT2D eigenvalue weighted by Crippen LogP contribution is 2.37. The summed E-state index contributed by atoms with van der Waals surface area (Å²) in [6.45, 7) is 2.38. The zero-order chi connectivity index (χ0) is 22.9. The monoisotopic (exact) mass is 451 g/mol. The largest absolute Gasteiger partial charge is 0.470 e. The smallest absolute Gasteiger partial charge is 0.409 e. The average Bonchev–Trinajstić information content (AvgIpc) is 3.22. The SMILES string of the molecule is COC(=O)N1CC(Oc2cc(CC3CCC(F)(F)CC3)nc(-n3ccc(C(C)O)n3)n2)C1. The Hall–Kier alpha value is -2.82. The molecule has 2 fully saturated rings. The summed E-state index contributed by atoms with van der Waals surface area (Å²) in [5.41, 5.74) is 1.15. The molecule has 2 aromatic rings. The Morgan fingerprint density at radius 3 is 2.66 bits per heavy atom. The van der Waals surface area contributed by atoms with E-state index in [1.807, 2.05) is 0 Å². The Morgan fingerprint density at radius 2 is 2.03 bits per heavy atom. The lowest BCUT2D eigenvalue weighted by Crippen LogP contribution is -2.56.